The van der Waals surface area contributed by atoms with E-state index in [0.29, 0.717) is 6.54 Å². The molecule has 0 bridgehead atoms. The Morgan fingerprint density at radius 3 is 2.58 bits per heavy atom. The van der Waals surface area contributed by atoms with Crippen molar-refractivity contribution in [3.63, 3.8) is 0 Å². The average Bonchev–Trinajstić information content (AvgIpc) is 2.95. The maximum Gasteiger partial charge on any atom is 0.188 e. The SMILES string of the molecule is COC(CNc1ccc(Sc2ncn[nH]2)cc1)OC. The Morgan fingerprint density at radius 1 is 1.26 bits per heavy atom. The third-order valence-electron chi connectivity index (χ3n) is 2.46. The topological polar surface area (TPSA) is 72.1 Å². The van der Waals surface area contributed by atoms with Crippen LogP contribution in [0.25, 0.3) is 0 Å². The molecular weight excluding hydrogens is 264 g/mol. The van der Waals surface area contributed by atoms with Gasteiger partial charge in [0.15, 0.2) is 11.4 Å². The van der Waals surface area contributed by atoms with Crippen molar-refractivity contribution in [1.82, 2.24) is 15.2 Å². The number of methoxy groups -OCH3 is 2. The number of benzene rings is 1. The second kappa shape index (κ2) is 7.13. The summed E-state index contributed by atoms with van der Waals surface area (Å²) in [5, 5.41) is 10.6. The van der Waals surface area contributed by atoms with Gasteiger partial charge in [-0.3, -0.25) is 5.10 Å². The molecule has 0 saturated heterocycles. The van der Waals surface area contributed by atoms with Crippen molar-refractivity contribution in [3.8, 4) is 0 Å². The average molecular weight is 280 g/mol. The van der Waals surface area contributed by atoms with E-state index in [1.54, 1.807) is 14.2 Å². The van der Waals surface area contributed by atoms with Gasteiger partial charge in [0.2, 0.25) is 0 Å². The lowest BCUT2D eigenvalue weighted by Gasteiger charge is -2.14. The van der Waals surface area contributed by atoms with Crippen LogP contribution < -0.4 is 5.32 Å². The fourth-order valence-corrected chi connectivity index (χ4v) is 2.15. The summed E-state index contributed by atoms with van der Waals surface area (Å²) in [6, 6.07) is 8.04. The van der Waals surface area contributed by atoms with Gasteiger partial charge in [-0.15, -0.1) is 0 Å². The zero-order valence-electron chi connectivity index (χ0n) is 10.8. The summed E-state index contributed by atoms with van der Waals surface area (Å²) in [5.41, 5.74) is 1.01. The van der Waals surface area contributed by atoms with E-state index in [1.807, 2.05) is 24.3 Å². The quantitative estimate of drug-likeness (QED) is 0.756. The van der Waals surface area contributed by atoms with Crippen LogP contribution in [-0.2, 0) is 9.47 Å². The Balaban J connectivity index is 1.87. The van der Waals surface area contributed by atoms with Crippen molar-refractivity contribution >= 4 is 17.4 Å². The van der Waals surface area contributed by atoms with E-state index in [4.69, 9.17) is 9.47 Å². The second-order valence-electron chi connectivity index (χ2n) is 3.70. The molecule has 0 aliphatic rings. The van der Waals surface area contributed by atoms with Gasteiger partial charge in [0.05, 0.1) is 6.54 Å². The summed E-state index contributed by atoms with van der Waals surface area (Å²) >= 11 is 1.53. The normalized spacial score (nSPS) is 10.9. The molecule has 0 fully saturated rings. The van der Waals surface area contributed by atoms with Gasteiger partial charge >= 0.3 is 0 Å². The molecule has 0 saturated carbocycles. The molecule has 6 nitrogen and oxygen atoms in total. The van der Waals surface area contributed by atoms with E-state index in [1.165, 1.54) is 18.1 Å². The Hall–Kier alpha value is -1.57. The second-order valence-corrected chi connectivity index (χ2v) is 4.76. The Kier molecular flexibility index (Phi) is 5.20. The molecule has 0 amide bonds. The lowest BCUT2D eigenvalue weighted by atomic mass is 10.3. The maximum atomic E-state index is 5.11. The number of H-pyrrole nitrogens is 1. The minimum absolute atomic E-state index is 0.247. The third-order valence-corrected chi connectivity index (χ3v) is 3.36. The lowest BCUT2D eigenvalue weighted by molar-refractivity contribution is -0.0914. The number of aromatic amines is 1. The Morgan fingerprint density at radius 2 is 2.00 bits per heavy atom. The van der Waals surface area contributed by atoms with Crippen LogP contribution in [0.2, 0.25) is 0 Å². The first-order chi connectivity index (χ1) is 9.31. The number of hydrogen-bond acceptors (Lipinski definition) is 6. The highest BCUT2D eigenvalue weighted by atomic mass is 32.2. The lowest BCUT2D eigenvalue weighted by Crippen LogP contribution is -2.23. The summed E-state index contributed by atoms with van der Waals surface area (Å²) in [7, 11) is 3.24. The molecule has 0 radical (unpaired) electrons. The van der Waals surface area contributed by atoms with Gasteiger partial charge in [-0.2, -0.15) is 5.10 Å². The monoisotopic (exact) mass is 280 g/mol. The van der Waals surface area contributed by atoms with Gasteiger partial charge in [-0.05, 0) is 24.3 Å². The predicted molar refractivity (Wildman–Crippen MR) is 73.2 cm³/mol. The molecule has 1 aromatic heterocycles. The molecule has 102 valence electrons. The molecule has 1 aromatic carbocycles. The standard InChI is InChI=1S/C12H16N4O2S/c1-17-11(18-2)7-13-9-3-5-10(6-4-9)19-12-14-8-15-16-12/h3-6,8,11,13H,7H2,1-2H3,(H,14,15,16). The number of hydrogen-bond donors (Lipinski definition) is 2. The molecule has 0 aliphatic heterocycles. The smallest absolute Gasteiger partial charge is 0.188 e. The maximum absolute atomic E-state index is 5.11. The van der Waals surface area contributed by atoms with Crippen LogP contribution in [0.5, 0.6) is 0 Å². The molecule has 0 unspecified atom stereocenters. The molecular formula is C12H16N4O2S. The number of nitrogens with one attached hydrogen (secondary N) is 2. The molecule has 2 aromatic rings. The van der Waals surface area contributed by atoms with Gasteiger partial charge in [0, 0.05) is 24.8 Å². The predicted octanol–water partition coefficient (Wildman–Crippen LogP) is 1.99. The largest absolute Gasteiger partial charge is 0.380 e. The Labute approximate surface area is 115 Å². The summed E-state index contributed by atoms with van der Waals surface area (Å²) in [5.74, 6) is 0. The van der Waals surface area contributed by atoms with Crippen molar-refractivity contribution in [3.05, 3.63) is 30.6 Å². The van der Waals surface area contributed by atoms with Crippen LogP contribution in [0.15, 0.2) is 40.6 Å². The first kappa shape index (κ1) is 13.9. The number of rotatable bonds is 7. The number of anilines is 1. The van der Waals surface area contributed by atoms with Crippen LogP contribution >= 0.6 is 11.8 Å². The molecule has 7 heteroatoms. The summed E-state index contributed by atoms with van der Waals surface area (Å²) in [6.07, 6.45) is 1.25. The highest BCUT2D eigenvalue weighted by molar-refractivity contribution is 7.99. The zero-order valence-corrected chi connectivity index (χ0v) is 11.6. The van der Waals surface area contributed by atoms with Crippen LogP contribution in [0.4, 0.5) is 5.69 Å². The van der Waals surface area contributed by atoms with E-state index in [-0.39, 0.29) is 6.29 Å². The van der Waals surface area contributed by atoms with Crippen molar-refractivity contribution < 1.29 is 9.47 Å². The van der Waals surface area contributed by atoms with Crippen LogP contribution in [0.3, 0.4) is 0 Å². The number of aromatic nitrogens is 3. The van der Waals surface area contributed by atoms with E-state index < -0.39 is 0 Å². The number of ether oxygens (including phenoxy) is 2. The summed E-state index contributed by atoms with van der Waals surface area (Å²) in [4.78, 5) is 5.16. The summed E-state index contributed by atoms with van der Waals surface area (Å²) < 4.78 is 10.2. The van der Waals surface area contributed by atoms with Crippen molar-refractivity contribution in [2.45, 2.75) is 16.3 Å². The van der Waals surface area contributed by atoms with E-state index in [2.05, 4.69) is 20.5 Å². The van der Waals surface area contributed by atoms with Crippen LogP contribution in [0.1, 0.15) is 0 Å². The molecule has 19 heavy (non-hydrogen) atoms. The Bertz CT molecular complexity index is 471. The first-order valence-corrected chi connectivity index (χ1v) is 6.56. The fourth-order valence-electron chi connectivity index (χ4n) is 1.46. The van der Waals surface area contributed by atoms with Crippen molar-refractivity contribution in [1.29, 1.82) is 0 Å². The minimum atomic E-state index is -0.247. The van der Waals surface area contributed by atoms with Gasteiger partial charge in [-0.25, -0.2) is 4.98 Å². The fraction of sp³-hybridized carbons (Fsp3) is 0.333. The van der Waals surface area contributed by atoms with Crippen LogP contribution in [0, 0.1) is 0 Å². The van der Waals surface area contributed by atoms with Gasteiger partial charge < -0.3 is 14.8 Å². The summed E-state index contributed by atoms with van der Waals surface area (Å²) in [6.45, 7) is 0.599. The third kappa shape index (κ3) is 4.23. The number of nitrogens with zero attached hydrogens (tertiary/aromatic N) is 2. The van der Waals surface area contributed by atoms with E-state index in [0.717, 1.165) is 15.7 Å². The van der Waals surface area contributed by atoms with Gasteiger partial charge in [0.25, 0.3) is 0 Å². The van der Waals surface area contributed by atoms with Crippen LogP contribution in [-0.4, -0.2) is 42.2 Å². The molecule has 2 N–H and O–H groups in total. The highest BCUT2D eigenvalue weighted by Gasteiger charge is 2.04. The van der Waals surface area contributed by atoms with Gasteiger partial charge in [0.1, 0.15) is 6.33 Å². The van der Waals surface area contributed by atoms with Crippen molar-refractivity contribution in [2.75, 3.05) is 26.1 Å². The molecule has 1 heterocycles. The minimum Gasteiger partial charge on any atom is -0.380 e. The van der Waals surface area contributed by atoms with E-state index in [9.17, 15) is 0 Å². The van der Waals surface area contributed by atoms with Crippen molar-refractivity contribution in [2.24, 2.45) is 0 Å². The molecule has 0 atom stereocenters. The first-order valence-electron chi connectivity index (χ1n) is 5.74. The van der Waals surface area contributed by atoms with E-state index >= 15 is 0 Å². The molecule has 2 rings (SSSR count). The highest BCUT2D eigenvalue weighted by Crippen LogP contribution is 2.25. The molecule has 0 spiro atoms. The van der Waals surface area contributed by atoms with Gasteiger partial charge in [-0.1, -0.05) is 11.8 Å². The molecule has 0 aliphatic carbocycles. The zero-order chi connectivity index (χ0) is 13.5.